The van der Waals surface area contributed by atoms with Crippen molar-refractivity contribution in [2.75, 3.05) is 29.9 Å². The monoisotopic (exact) mass is 251 g/mol. The second kappa shape index (κ2) is 4.73. The van der Waals surface area contributed by atoms with Crippen molar-refractivity contribution in [3.8, 4) is 0 Å². The summed E-state index contributed by atoms with van der Waals surface area (Å²) in [4.78, 5) is 26.3. The third kappa shape index (κ3) is 2.06. The smallest absolute Gasteiger partial charge is 0.240 e. The van der Waals surface area contributed by atoms with Gasteiger partial charge in [-0.25, -0.2) is 4.39 Å². The topological polar surface area (TPSA) is 66.6 Å². The van der Waals surface area contributed by atoms with Crippen molar-refractivity contribution in [3.05, 3.63) is 24.0 Å². The highest BCUT2D eigenvalue weighted by Crippen LogP contribution is 2.32. The Morgan fingerprint density at radius 1 is 1.44 bits per heavy atom. The van der Waals surface area contributed by atoms with Crippen LogP contribution in [0.25, 0.3) is 0 Å². The molecule has 2 rings (SSSR count). The second-order valence-corrected chi connectivity index (χ2v) is 4.09. The fourth-order valence-corrected chi connectivity index (χ4v) is 2.00. The van der Waals surface area contributed by atoms with Gasteiger partial charge in [-0.15, -0.1) is 0 Å². The predicted octanol–water partition coefficient (Wildman–Crippen LogP) is 0.484. The van der Waals surface area contributed by atoms with Crippen molar-refractivity contribution in [3.63, 3.8) is 0 Å². The number of rotatable bonds is 1. The molecule has 1 aliphatic heterocycles. The van der Waals surface area contributed by atoms with Crippen LogP contribution in [0.1, 0.15) is 6.42 Å². The molecule has 0 fully saturated rings. The molecule has 0 aliphatic carbocycles. The lowest BCUT2D eigenvalue weighted by atomic mass is 10.2. The Kier molecular flexibility index (Phi) is 3.29. The molecule has 0 atom stereocenters. The van der Waals surface area contributed by atoms with E-state index in [9.17, 15) is 14.0 Å². The molecule has 0 saturated heterocycles. The van der Waals surface area contributed by atoms with E-state index in [1.54, 1.807) is 7.05 Å². The predicted molar refractivity (Wildman–Crippen MR) is 65.8 cm³/mol. The molecule has 0 radical (unpaired) electrons. The number of nitrogens with zero attached hydrogens (tertiary/aromatic N) is 2. The van der Waals surface area contributed by atoms with Gasteiger partial charge in [0.1, 0.15) is 5.82 Å². The van der Waals surface area contributed by atoms with Gasteiger partial charge in [-0.3, -0.25) is 9.59 Å². The third-order valence-corrected chi connectivity index (χ3v) is 2.99. The Morgan fingerprint density at radius 3 is 2.83 bits per heavy atom. The molecule has 0 aromatic heterocycles. The summed E-state index contributed by atoms with van der Waals surface area (Å²) in [6.07, 6.45) is 0.193. The number of nitrogens with two attached hydrogens (primary N) is 1. The summed E-state index contributed by atoms with van der Waals surface area (Å²) >= 11 is 0. The number of fused-ring (bicyclic) bond motifs is 1. The number of benzene rings is 1. The minimum atomic E-state index is -0.452. The van der Waals surface area contributed by atoms with Gasteiger partial charge in [-0.2, -0.15) is 0 Å². The molecule has 0 unspecified atom stereocenters. The SMILES string of the molecule is CN1C(=O)CCN(C(=O)CN)c2cc(F)ccc21. The minimum absolute atomic E-state index is 0.116. The molecule has 0 spiro atoms. The maximum Gasteiger partial charge on any atom is 0.240 e. The van der Waals surface area contributed by atoms with Crippen LogP contribution in [-0.2, 0) is 9.59 Å². The molecule has 1 heterocycles. The first-order chi connectivity index (χ1) is 8.54. The van der Waals surface area contributed by atoms with Gasteiger partial charge in [0.15, 0.2) is 0 Å². The summed E-state index contributed by atoms with van der Waals surface area (Å²) in [7, 11) is 1.61. The van der Waals surface area contributed by atoms with Gasteiger partial charge in [-0.1, -0.05) is 0 Å². The number of anilines is 2. The quantitative estimate of drug-likeness (QED) is 0.789. The molecule has 5 nitrogen and oxygen atoms in total. The molecule has 2 N–H and O–H groups in total. The first-order valence-electron chi connectivity index (χ1n) is 5.61. The van der Waals surface area contributed by atoms with Crippen molar-refractivity contribution in [1.82, 2.24) is 0 Å². The number of amides is 2. The Bertz CT molecular complexity index is 504. The largest absolute Gasteiger partial charge is 0.322 e. The zero-order valence-electron chi connectivity index (χ0n) is 10.0. The maximum atomic E-state index is 13.3. The van der Waals surface area contributed by atoms with Crippen molar-refractivity contribution in [2.45, 2.75) is 6.42 Å². The van der Waals surface area contributed by atoms with Crippen LogP contribution in [0.4, 0.5) is 15.8 Å². The van der Waals surface area contributed by atoms with E-state index >= 15 is 0 Å². The van der Waals surface area contributed by atoms with Gasteiger partial charge in [0, 0.05) is 20.0 Å². The van der Waals surface area contributed by atoms with E-state index in [0.29, 0.717) is 11.4 Å². The fraction of sp³-hybridized carbons (Fsp3) is 0.333. The number of halogens is 1. The Labute approximate surface area is 104 Å². The van der Waals surface area contributed by atoms with E-state index in [-0.39, 0.29) is 31.3 Å². The lowest BCUT2D eigenvalue weighted by Gasteiger charge is -2.23. The van der Waals surface area contributed by atoms with E-state index in [1.807, 2.05) is 0 Å². The average Bonchev–Trinajstić information content (AvgIpc) is 2.48. The van der Waals surface area contributed by atoms with E-state index in [2.05, 4.69) is 0 Å². The average molecular weight is 251 g/mol. The first kappa shape index (κ1) is 12.5. The van der Waals surface area contributed by atoms with Crippen molar-refractivity contribution >= 4 is 23.2 Å². The number of hydrogen-bond donors (Lipinski definition) is 1. The Morgan fingerprint density at radius 2 is 2.17 bits per heavy atom. The molecule has 18 heavy (non-hydrogen) atoms. The summed E-state index contributed by atoms with van der Waals surface area (Å²) in [5.41, 5.74) is 6.24. The molecule has 6 heteroatoms. The maximum absolute atomic E-state index is 13.3. The molecule has 96 valence electrons. The van der Waals surface area contributed by atoms with Crippen LogP contribution in [-0.4, -0.2) is 32.0 Å². The van der Waals surface area contributed by atoms with E-state index < -0.39 is 5.82 Å². The zero-order valence-corrected chi connectivity index (χ0v) is 10.0. The van der Waals surface area contributed by atoms with Crippen molar-refractivity contribution in [1.29, 1.82) is 0 Å². The van der Waals surface area contributed by atoms with E-state index in [1.165, 1.54) is 28.0 Å². The van der Waals surface area contributed by atoms with Crippen LogP contribution in [0.2, 0.25) is 0 Å². The number of carbonyl (C=O) groups is 2. The van der Waals surface area contributed by atoms with Crippen LogP contribution in [0.15, 0.2) is 18.2 Å². The van der Waals surface area contributed by atoms with Crippen LogP contribution in [0, 0.1) is 5.82 Å². The highest BCUT2D eigenvalue weighted by molar-refractivity contribution is 6.05. The molecular weight excluding hydrogens is 237 g/mol. The Hall–Kier alpha value is -1.95. The second-order valence-electron chi connectivity index (χ2n) is 4.09. The lowest BCUT2D eigenvalue weighted by molar-refractivity contribution is -0.118. The molecule has 1 aromatic carbocycles. The lowest BCUT2D eigenvalue weighted by Crippen LogP contribution is -2.36. The number of hydrogen-bond acceptors (Lipinski definition) is 3. The summed E-state index contributed by atoms with van der Waals surface area (Å²) in [6, 6.07) is 4.00. The fourth-order valence-electron chi connectivity index (χ4n) is 2.00. The van der Waals surface area contributed by atoms with Crippen LogP contribution >= 0.6 is 0 Å². The first-order valence-corrected chi connectivity index (χ1v) is 5.61. The molecule has 1 aromatic rings. The summed E-state index contributed by atoms with van der Waals surface area (Å²) in [5.74, 6) is -0.897. The van der Waals surface area contributed by atoms with Gasteiger partial charge in [0.05, 0.1) is 17.9 Å². The summed E-state index contributed by atoms with van der Waals surface area (Å²) < 4.78 is 13.3. The van der Waals surface area contributed by atoms with Gasteiger partial charge in [-0.05, 0) is 18.2 Å². The molecule has 0 saturated carbocycles. The van der Waals surface area contributed by atoms with Gasteiger partial charge in [0.25, 0.3) is 0 Å². The van der Waals surface area contributed by atoms with Crippen molar-refractivity contribution in [2.24, 2.45) is 5.73 Å². The van der Waals surface area contributed by atoms with Crippen LogP contribution in [0.3, 0.4) is 0 Å². The minimum Gasteiger partial charge on any atom is -0.322 e. The van der Waals surface area contributed by atoms with Crippen LogP contribution < -0.4 is 15.5 Å². The van der Waals surface area contributed by atoms with Gasteiger partial charge < -0.3 is 15.5 Å². The van der Waals surface area contributed by atoms with Crippen LogP contribution in [0.5, 0.6) is 0 Å². The molecule has 1 aliphatic rings. The third-order valence-electron chi connectivity index (χ3n) is 2.99. The highest BCUT2D eigenvalue weighted by Gasteiger charge is 2.26. The van der Waals surface area contributed by atoms with Gasteiger partial charge in [0.2, 0.25) is 11.8 Å². The molecule has 0 bridgehead atoms. The molecular formula is C12H14FN3O2. The van der Waals surface area contributed by atoms with Gasteiger partial charge >= 0.3 is 0 Å². The molecule has 2 amide bonds. The van der Waals surface area contributed by atoms with E-state index in [4.69, 9.17) is 5.73 Å². The van der Waals surface area contributed by atoms with Crippen molar-refractivity contribution < 1.29 is 14.0 Å². The summed E-state index contributed by atoms with van der Waals surface area (Å²) in [6.45, 7) is 0.0452. The normalized spacial score (nSPS) is 15.4. The number of carbonyl (C=O) groups excluding carboxylic acids is 2. The highest BCUT2D eigenvalue weighted by atomic mass is 19.1. The zero-order chi connectivity index (χ0) is 13.3. The van der Waals surface area contributed by atoms with E-state index in [0.717, 1.165) is 0 Å². The Balaban J connectivity index is 2.55. The standard InChI is InChI=1S/C12H14FN3O2/c1-15-9-3-2-8(13)6-10(9)16(12(18)7-14)5-4-11(15)17/h2-3,6H,4-5,7,14H2,1H3. The summed E-state index contributed by atoms with van der Waals surface area (Å²) in [5, 5.41) is 0.